The molecule has 0 radical (unpaired) electrons. The maximum absolute atomic E-state index is 8.77. The molecule has 0 aliphatic heterocycles. The molecule has 2 atom stereocenters. The molecule has 0 saturated heterocycles. The first-order valence-corrected chi connectivity index (χ1v) is 5.63. The van der Waals surface area contributed by atoms with Gasteiger partial charge in [-0.3, -0.25) is 0 Å². The Morgan fingerprint density at radius 2 is 1.88 bits per heavy atom. The van der Waals surface area contributed by atoms with Crippen molar-refractivity contribution in [3.8, 4) is 11.8 Å². The lowest BCUT2D eigenvalue weighted by molar-refractivity contribution is 0.252. The average Bonchev–Trinajstić information content (AvgIpc) is 2.35. The van der Waals surface area contributed by atoms with Gasteiger partial charge in [-0.1, -0.05) is 26.0 Å². The SMILES string of the molecule is CCC(C#N)Oc1ccc([C@H](N)CC)cc1. The molecule has 2 N–H and O–H groups in total. The Kier molecular flexibility index (Phi) is 4.81. The van der Waals surface area contributed by atoms with E-state index in [0.29, 0.717) is 6.42 Å². The van der Waals surface area contributed by atoms with Crippen molar-refractivity contribution in [2.45, 2.75) is 38.8 Å². The van der Waals surface area contributed by atoms with Crippen LogP contribution in [-0.4, -0.2) is 6.10 Å². The van der Waals surface area contributed by atoms with Crippen molar-refractivity contribution in [3.63, 3.8) is 0 Å². The van der Waals surface area contributed by atoms with Crippen LogP contribution in [0.3, 0.4) is 0 Å². The second-order valence-electron chi connectivity index (χ2n) is 3.73. The van der Waals surface area contributed by atoms with Gasteiger partial charge in [-0.05, 0) is 30.5 Å². The second-order valence-corrected chi connectivity index (χ2v) is 3.73. The molecule has 0 amide bonds. The van der Waals surface area contributed by atoms with Crippen molar-refractivity contribution in [2.24, 2.45) is 5.73 Å². The van der Waals surface area contributed by atoms with Crippen LogP contribution in [0.4, 0.5) is 0 Å². The van der Waals surface area contributed by atoms with Crippen LogP contribution < -0.4 is 10.5 Å². The van der Waals surface area contributed by atoms with Crippen molar-refractivity contribution < 1.29 is 4.74 Å². The third-order valence-electron chi connectivity index (χ3n) is 2.54. The van der Waals surface area contributed by atoms with Gasteiger partial charge < -0.3 is 10.5 Å². The van der Waals surface area contributed by atoms with Crippen LogP contribution in [0.25, 0.3) is 0 Å². The molecule has 1 rings (SSSR count). The zero-order valence-corrected chi connectivity index (χ0v) is 9.81. The van der Waals surface area contributed by atoms with Gasteiger partial charge in [0.1, 0.15) is 11.8 Å². The van der Waals surface area contributed by atoms with E-state index in [2.05, 4.69) is 13.0 Å². The highest BCUT2D eigenvalue weighted by molar-refractivity contribution is 5.29. The lowest BCUT2D eigenvalue weighted by Gasteiger charge is -2.12. The zero-order valence-electron chi connectivity index (χ0n) is 9.81. The van der Waals surface area contributed by atoms with Gasteiger partial charge in [0, 0.05) is 6.04 Å². The number of hydrogen-bond acceptors (Lipinski definition) is 3. The molecule has 0 aromatic heterocycles. The summed E-state index contributed by atoms with van der Waals surface area (Å²) in [6.07, 6.45) is 1.23. The minimum Gasteiger partial charge on any atom is -0.476 e. The fourth-order valence-electron chi connectivity index (χ4n) is 1.39. The molecule has 0 aliphatic rings. The molecule has 0 heterocycles. The number of nitrogens with two attached hydrogens (primary N) is 1. The van der Waals surface area contributed by atoms with Gasteiger partial charge in [-0.2, -0.15) is 5.26 Å². The number of hydrogen-bond donors (Lipinski definition) is 1. The van der Waals surface area contributed by atoms with E-state index in [4.69, 9.17) is 15.7 Å². The topological polar surface area (TPSA) is 59.0 Å². The third-order valence-corrected chi connectivity index (χ3v) is 2.54. The summed E-state index contributed by atoms with van der Waals surface area (Å²) in [7, 11) is 0. The maximum Gasteiger partial charge on any atom is 0.184 e. The fraction of sp³-hybridized carbons (Fsp3) is 0.462. The predicted octanol–water partition coefficient (Wildman–Crippen LogP) is 2.78. The van der Waals surface area contributed by atoms with Crippen molar-refractivity contribution in [1.82, 2.24) is 0 Å². The predicted molar refractivity (Wildman–Crippen MR) is 64.0 cm³/mol. The van der Waals surface area contributed by atoms with Crippen molar-refractivity contribution >= 4 is 0 Å². The highest BCUT2D eigenvalue weighted by Crippen LogP contribution is 2.19. The minimum atomic E-state index is -0.370. The second kappa shape index (κ2) is 6.14. The number of nitrogens with zero attached hydrogens (tertiary/aromatic N) is 1. The van der Waals surface area contributed by atoms with E-state index >= 15 is 0 Å². The van der Waals surface area contributed by atoms with Gasteiger partial charge in [-0.15, -0.1) is 0 Å². The summed E-state index contributed by atoms with van der Waals surface area (Å²) in [4.78, 5) is 0. The molecule has 16 heavy (non-hydrogen) atoms. The lowest BCUT2D eigenvalue weighted by atomic mass is 10.1. The number of rotatable bonds is 5. The van der Waals surface area contributed by atoms with Crippen LogP contribution in [0, 0.1) is 11.3 Å². The Bertz CT molecular complexity index is 353. The molecule has 1 unspecified atom stereocenters. The largest absolute Gasteiger partial charge is 0.476 e. The third kappa shape index (κ3) is 3.25. The Balaban J connectivity index is 2.68. The summed E-state index contributed by atoms with van der Waals surface area (Å²) >= 11 is 0. The highest BCUT2D eigenvalue weighted by Gasteiger charge is 2.07. The van der Waals surface area contributed by atoms with Gasteiger partial charge in [-0.25, -0.2) is 0 Å². The quantitative estimate of drug-likeness (QED) is 0.826. The standard InChI is InChI=1S/C13H18N2O/c1-3-11(9-14)16-12-7-5-10(6-8-12)13(15)4-2/h5-8,11,13H,3-4,15H2,1-2H3/t11?,13-/m1/s1. The molecule has 3 nitrogen and oxygen atoms in total. The first-order chi connectivity index (χ1) is 7.71. The number of ether oxygens (including phenoxy) is 1. The lowest BCUT2D eigenvalue weighted by Crippen LogP contribution is -2.12. The van der Waals surface area contributed by atoms with Gasteiger partial charge in [0.2, 0.25) is 0 Å². The smallest absolute Gasteiger partial charge is 0.184 e. The van der Waals surface area contributed by atoms with Crippen LogP contribution in [-0.2, 0) is 0 Å². The molecule has 0 saturated carbocycles. The number of benzene rings is 1. The van der Waals surface area contributed by atoms with E-state index in [1.54, 1.807) is 0 Å². The summed E-state index contributed by atoms with van der Waals surface area (Å²) in [6, 6.07) is 9.81. The minimum absolute atomic E-state index is 0.0759. The van der Waals surface area contributed by atoms with Gasteiger partial charge >= 0.3 is 0 Å². The molecule has 0 fully saturated rings. The molecule has 86 valence electrons. The normalized spacial score (nSPS) is 13.9. The molecular weight excluding hydrogens is 200 g/mol. The molecule has 1 aromatic rings. The summed E-state index contributed by atoms with van der Waals surface area (Å²) in [5, 5.41) is 8.77. The summed E-state index contributed by atoms with van der Waals surface area (Å²) in [5.41, 5.74) is 7.00. The summed E-state index contributed by atoms with van der Waals surface area (Å²) in [5.74, 6) is 0.723. The van der Waals surface area contributed by atoms with Gasteiger partial charge in [0.05, 0.1) is 0 Å². The van der Waals surface area contributed by atoms with E-state index in [9.17, 15) is 0 Å². The Morgan fingerprint density at radius 1 is 1.25 bits per heavy atom. The molecule has 0 bridgehead atoms. The Morgan fingerprint density at radius 3 is 2.31 bits per heavy atom. The van der Waals surface area contributed by atoms with Crippen molar-refractivity contribution in [3.05, 3.63) is 29.8 Å². The van der Waals surface area contributed by atoms with E-state index in [0.717, 1.165) is 17.7 Å². The van der Waals surface area contributed by atoms with E-state index in [1.165, 1.54) is 0 Å². The number of nitriles is 1. The Labute approximate surface area is 96.8 Å². The van der Waals surface area contributed by atoms with Crippen LogP contribution in [0.5, 0.6) is 5.75 Å². The molecule has 3 heteroatoms. The molecule has 0 spiro atoms. The Hall–Kier alpha value is -1.53. The van der Waals surface area contributed by atoms with E-state index in [1.807, 2.05) is 31.2 Å². The monoisotopic (exact) mass is 218 g/mol. The van der Waals surface area contributed by atoms with Crippen LogP contribution in [0.1, 0.15) is 38.3 Å². The van der Waals surface area contributed by atoms with E-state index < -0.39 is 0 Å². The maximum atomic E-state index is 8.77. The molecular formula is C13H18N2O. The van der Waals surface area contributed by atoms with Crippen molar-refractivity contribution in [2.75, 3.05) is 0 Å². The van der Waals surface area contributed by atoms with Crippen molar-refractivity contribution in [1.29, 1.82) is 5.26 Å². The first kappa shape index (κ1) is 12.5. The summed E-state index contributed by atoms with van der Waals surface area (Å²) in [6.45, 7) is 3.98. The zero-order chi connectivity index (χ0) is 12.0. The molecule has 1 aromatic carbocycles. The first-order valence-electron chi connectivity index (χ1n) is 5.63. The van der Waals surface area contributed by atoms with E-state index in [-0.39, 0.29) is 12.1 Å². The highest BCUT2D eigenvalue weighted by atomic mass is 16.5. The average molecular weight is 218 g/mol. The van der Waals surface area contributed by atoms with Crippen LogP contribution in [0.15, 0.2) is 24.3 Å². The fourth-order valence-corrected chi connectivity index (χ4v) is 1.39. The van der Waals surface area contributed by atoms with Gasteiger partial charge in [0.25, 0.3) is 0 Å². The van der Waals surface area contributed by atoms with Crippen LogP contribution in [0.2, 0.25) is 0 Å². The van der Waals surface area contributed by atoms with Gasteiger partial charge in [0.15, 0.2) is 6.10 Å². The summed E-state index contributed by atoms with van der Waals surface area (Å²) < 4.78 is 5.48. The van der Waals surface area contributed by atoms with Crippen LogP contribution >= 0.6 is 0 Å². The molecule has 0 aliphatic carbocycles.